The topological polar surface area (TPSA) is 65.9 Å². The molecule has 5 nitrogen and oxygen atoms in total. The summed E-state index contributed by atoms with van der Waals surface area (Å²) in [5, 5.41) is 17.6. The summed E-state index contributed by atoms with van der Waals surface area (Å²) in [4.78, 5) is 4.36. The van der Waals surface area contributed by atoms with Crippen molar-refractivity contribution in [3.63, 3.8) is 0 Å². The summed E-state index contributed by atoms with van der Waals surface area (Å²) in [6.07, 6.45) is 2.57. The van der Waals surface area contributed by atoms with E-state index in [9.17, 15) is 5.11 Å². The van der Waals surface area contributed by atoms with Crippen molar-refractivity contribution in [1.82, 2.24) is 10.6 Å². The lowest BCUT2D eigenvalue weighted by atomic mass is 9.84. The molecule has 0 bridgehead atoms. The minimum Gasteiger partial charge on any atom is -0.396 e. The Kier molecular flexibility index (Phi) is 12.2. The minimum absolute atomic E-state index is 0. The van der Waals surface area contributed by atoms with E-state index in [4.69, 9.17) is 27.9 Å². The maximum atomic E-state index is 9.38. The maximum Gasteiger partial charge on any atom is 0.191 e. The van der Waals surface area contributed by atoms with E-state index in [2.05, 4.69) is 29.5 Å². The molecule has 1 aromatic rings. The highest BCUT2D eigenvalue weighted by atomic mass is 127. The van der Waals surface area contributed by atoms with Crippen LogP contribution >= 0.6 is 47.2 Å². The summed E-state index contributed by atoms with van der Waals surface area (Å²) < 4.78 is 5.56. The Labute approximate surface area is 202 Å². The van der Waals surface area contributed by atoms with Crippen LogP contribution < -0.4 is 10.6 Å². The van der Waals surface area contributed by atoms with Crippen molar-refractivity contribution in [1.29, 1.82) is 0 Å². The molecule has 0 radical (unpaired) electrons. The number of benzene rings is 1. The first-order valence-corrected chi connectivity index (χ1v) is 10.7. The average Bonchev–Trinajstić information content (AvgIpc) is 3.11. The average molecular weight is 558 g/mol. The lowest BCUT2D eigenvalue weighted by Crippen LogP contribution is -2.46. The van der Waals surface area contributed by atoms with Gasteiger partial charge in [0.1, 0.15) is 0 Å². The van der Waals surface area contributed by atoms with Crippen molar-refractivity contribution in [3.05, 3.63) is 33.8 Å². The van der Waals surface area contributed by atoms with E-state index in [1.807, 2.05) is 12.1 Å². The molecule has 29 heavy (non-hydrogen) atoms. The van der Waals surface area contributed by atoms with Crippen LogP contribution in [0.1, 0.15) is 32.3 Å². The van der Waals surface area contributed by atoms with E-state index < -0.39 is 0 Å². The summed E-state index contributed by atoms with van der Waals surface area (Å²) >= 11 is 12.4. The molecule has 1 heterocycles. The summed E-state index contributed by atoms with van der Waals surface area (Å²) in [6.45, 7) is 7.58. The van der Waals surface area contributed by atoms with Gasteiger partial charge in [-0.05, 0) is 48.8 Å². The monoisotopic (exact) mass is 557 g/mol. The van der Waals surface area contributed by atoms with Gasteiger partial charge in [0.2, 0.25) is 0 Å². The number of nitrogens with one attached hydrogen (secondary N) is 2. The van der Waals surface area contributed by atoms with Crippen LogP contribution in [0.3, 0.4) is 0 Å². The molecule has 2 rings (SSSR count). The number of ether oxygens (including phenoxy) is 1. The van der Waals surface area contributed by atoms with Gasteiger partial charge in [-0.2, -0.15) is 0 Å². The van der Waals surface area contributed by atoms with Crippen molar-refractivity contribution in [2.24, 2.45) is 22.2 Å². The van der Waals surface area contributed by atoms with Crippen LogP contribution in [0.2, 0.25) is 10.0 Å². The fourth-order valence-corrected chi connectivity index (χ4v) is 4.03. The number of nitrogens with zero attached hydrogens (tertiary/aromatic N) is 1. The third-order valence-electron chi connectivity index (χ3n) is 5.65. The van der Waals surface area contributed by atoms with Gasteiger partial charge in [0.15, 0.2) is 5.96 Å². The van der Waals surface area contributed by atoms with E-state index in [1.165, 1.54) is 0 Å². The normalized spacial score (nSPS) is 20.4. The van der Waals surface area contributed by atoms with Crippen LogP contribution in [-0.4, -0.2) is 51.0 Å². The molecule has 8 heteroatoms. The number of hydrogen-bond donors (Lipinski definition) is 3. The summed E-state index contributed by atoms with van der Waals surface area (Å²) in [7, 11) is 1.78. The summed E-state index contributed by atoms with van der Waals surface area (Å²) in [6, 6.07) is 5.69. The fraction of sp³-hybridized carbons (Fsp3) is 0.667. The first-order chi connectivity index (χ1) is 13.4. The second kappa shape index (κ2) is 13.2. The zero-order valence-electron chi connectivity index (χ0n) is 17.5. The molecule has 0 aliphatic carbocycles. The molecule has 0 aromatic heterocycles. The lowest BCUT2D eigenvalue weighted by Gasteiger charge is -2.28. The number of hydrogen-bond acceptors (Lipinski definition) is 3. The van der Waals surface area contributed by atoms with Crippen LogP contribution in [-0.2, 0) is 11.2 Å². The number of guanidine groups is 1. The smallest absolute Gasteiger partial charge is 0.191 e. The molecule has 166 valence electrons. The molecule has 1 saturated heterocycles. The SMILES string of the molecule is CN=C(NCC(Cc1ccc(Cl)cc1Cl)C(C)C)NCC1(CCO)CCOC1.I. The van der Waals surface area contributed by atoms with Crippen molar-refractivity contribution in [3.8, 4) is 0 Å². The molecule has 3 N–H and O–H groups in total. The van der Waals surface area contributed by atoms with Crippen molar-refractivity contribution < 1.29 is 9.84 Å². The third-order valence-corrected chi connectivity index (χ3v) is 6.24. The third kappa shape index (κ3) is 8.40. The van der Waals surface area contributed by atoms with Crippen LogP contribution in [0, 0.1) is 17.3 Å². The molecule has 0 saturated carbocycles. The van der Waals surface area contributed by atoms with Crippen LogP contribution in [0.5, 0.6) is 0 Å². The molecule has 1 fully saturated rings. The molecule has 0 amide bonds. The van der Waals surface area contributed by atoms with Gasteiger partial charge >= 0.3 is 0 Å². The highest BCUT2D eigenvalue weighted by Gasteiger charge is 2.34. The Morgan fingerprint density at radius 2 is 2.07 bits per heavy atom. The Hall–Kier alpha value is -0.280. The van der Waals surface area contributed by atoms with Crippen molar-refractivity contribution >= 4 is 53.1 Å². The quantitative estimate of drug-likeness (QED) is 0.239. The highest BCUT2D eigenvalue weighted by Crippen LogP contribution is 2.31. The number of aliphatic imine (C=N–C) groups is 1. The van der Waals surface area contributed by atoms with Gasteiger partial charge in [-0.3, -0.25) is 4.99 Å². The number of halogens is 3. The molecule has 1 aliphatic heterocycles. The fourth-order valence-electron chi connectivity index (χ4n) is 3.54. The largest absolute Gasteiger partial charge is 0.396 e. The second-order valence-corrected chi connectivity index (χ2v) is 8.87. The molecule has 1 aliphatic rings. The molecule has 2 unspecified atom stereocenters. The van der Waals surface area contributed by atoms with E-state index in [0.29, 0.717) is 28.5 Å². The van der Waals surface area contributed by atoms with Crippen LogP contribution in [0.15, 0.2) is 23.2 Å². The van der Waals surface area contributed by atoms with Crippen molar-refractivity contribution in [2.75, 3.05) is 40.0 Å². The Morgan fingerprint density at radius 1 is 1.31 bits per heavy atom. The van der Waals surface area contributed by atoms with E-state index >= 15 is 0 Å². The molecule has 1 aromatic carbocycles. The summed E-state index contributed by atoms with van der Waals surface area (Å²) in [5.74, 6) is 1.66. The van der Waals surface area contributed by atoms with Gasteiger partial charge in [-0.15, -0.1) is 24.0 Å². The molecular weight excluding hydrogens is 524 g/mol. The maximum absolute atomic E-state index is 9.38. The van der Waals surface area contributed by atoms with Gasteiger partial charge in [-0.25, -0.2) is 0 Å². The van der Waals surface area contributed by atoms with Crippen molar-refractivity contribution in [2.45, 2.75) is 33.1 Å². The highest BCUT2D eigenvalue weighted by molar-refractivity contribution is 14.0. The zero-order valence-corrected chi connectivity index (χ0v) is 21.4. The van der Waals surface area contributed by atoms with Gasteiger partial charge in [0.05, 0.1) is 6.61 Å². The predicted octanol–water partition coefficient (Wildman–Crippen LogP) is 4.38. The van der Waals surface area contributed by atoms with Gasteiger partial charge in [-0.1, -0.05) is 43.1 Å². The Balaban J connectivity index is 0.00000420. The van der Waals surface area contributed by atoms with Crippen LogP contribution in [0.4, 0.5) is 0 Å². The number of aliphatic hydroxyl groups excluding tert-OH is 1. The van der Waals surface area contributed by atoms with Gasteiger partial charge in [0, 0.05) is 48.8 Å². The number of rotatable bonds is 9. The number of aliphatic hydroxyl groups is 1. The Bertz CT molecular complexity index is 653. The van der Waals surface area contributed by atoms with E-state index in [0.717, 1.165) is 50.5 Å². The Morgan fingerprint density at radius 3 is 2.62 bits per heavy atom. The minimum atomic E-state index is -0.0132. The summed E-state index contributed by atoms with van der Waals surface area (Å²) in [5.41, 5.74) is 1.10. The van der Waals surface area contributed by atoms with Gasteiger partial charge < -0.3 is 20.5 Å². The molecule has 2 atom stereocenters. The molecular formula is C21H34Cl2IN3O2. The van der Waals surface area contributed by atoms with E-state index in [1.54, 1.807) is 13.1 Å². The van der Waals surface area contributed by atoms with Crippen LogP contribution in [0.25, 0.3) is 0 Å². The lowest BCUT2D eigenvalue weighted by molar-refractivity contribution is 0.127. The second-order valence-electron chi connectivity index (χ2n) is 8.03. The van der Waals surface area contributed by atoms with E-state index in [-0.39, 0.29) is 36.0 Å². The van der Waals surface area contributed by atoms with Gasteiger partial charge in [0.25, 0.3) is 0 Å². The standard InChI is InChI=1S/C21H33Cl2N3O2.HI/c1-15(2)17(10-16-4-5-18(22)11-19(16)23)12-25-20(24-3)26-13-21(6-8-27)7-9-28-14-21;/h4-5,11,15,17,27H,6-10,12-14H2,1-3H3,(H2,24,25,26);1H. The zero-order chi connectivity index (χ0) is 20.6. The first-order valence-electron chi connectivity index (χ1n) is 9.96. The predicted molar refractivity (Wildman–Crippen MR) is 133 cm³/mol. The molecule has 0 spiro atoms. The first kappa shape index (κ1) is 26.8.